The summed E-state index contributed by atoms with van der Waals surface area (Å²) < 4.78 is 45.7. The molecule has 0 fully saturated rings. The van der Waals surface area contributed by atoms with Crippen molar-refractivity contribution in [3.05, 3.63) is 94.3 Å². The minimum Gasteiger partial charge on any atom is -0.489 e. The van der Waals surface area contributed by atoms with E-state index in [1.165, 1.54) is 12.1 Å². The van der Waals surface area contributed by atoms with Crippen molar-refractivity contribution in [1.29, 1.82) is 0 Å². The normalized spacial score (nSPS) is 12.6. The van der Waals surface area contributed by atoms with Gasteiger partial charge in [-0.05, 0) is 60.9 Å². The van der Waals surface area contributed by atoms with Crippen molar-refractivity contribution >= 4 is 21.4 Å². The summed E-state index contributed by atoms with van der Waals surface area (Å²) in [6.07, 6.45) is 0.446. The van der Waals surface area contributed by atoms with Gasteiger partial charge >= 0.3 is 0 Å². The van der Waals surface area contributed by atoms with Crippen molar-refractivity contribution in [3.63, 3.8) is 0 Å². The Labute approximate surface area is 176 Å². The molecular weight excluding hydrogens is 411 g/mol. The minimum atomic E-state index is -3.51. The monoisotopic (exact) mass is 432 g/mol. The fourth-order valence-electron chi connectivity index (χ4n) is 3.20. The Morgan fingerprint density at radius 1 is 1.03 bits per heavy atom. The average Bonchev–Trinajstić information content (AvgIpc) is 2.69. The van der Waals surface area contributed by atoms with Crippen LogP contribution in [0, 0.1) is 12.7 Å². The van der Waals surface area contributed by atoms with E-state index in [1.807, 2.05) is 19.9 Å². The molecule has 29 heavy (non-hydrogen) atoms. The Hall–Kier alpha value is -2.37. The van der Waals surface area contributed by atoms with Crippen LogP contribution in [0.1, 0.15) is 35.3 Å². The molecule has 3 nitrogen and oxygen atoms in total. The molecular formula is C23H22ClFO3S. The number of hydrogen-bond acceptors (Lipinski definition) is 3. The predicted octanol–water partition coefficient (Wildman–Crippen LogP) is 6.29. The smallest absolute Gasteiger partial charge is 0.185 e. The number of halogens is 2. The highest BCUT2D eigenvalue weighted by Gasteiger charge is 2.27. The van der Waals surface area contributed by atoms with E-state index in [9.17, 15) is 12.8 Å². The topological polar surface area (TPSA) is 43.4 Å². The lowest BCUT2D eigenvalue weighted by Crippen LogP contribution is -2.13. The Morgan fingerprint density at radius 3 is 2.34 bits per heavy atom. The van der Waals surface area contributed by atoms with Gasteiger partial charge in [-0.15, -0.1) is 0 Å². The second kappa shape index (κ2) is 8.97. The quantitative estimate of drug-likeness (QED) is 0.440. The van der Waals surface area contributed by atoms with E-state index >= 15 is 0 Å². The van der Waals surface area contributed by atoms with Gasteiger partial charge in [0.15, 0.2) is 9.84 Å². The minimum absolute atomic E-state index is 0.0103. The van der Waals surface area contributed by atoms with Gasteiger partial charge in [-0.2, -0.15) is 0 Å². The number of rotatable bonds is 7. The van der Waals surface area contributed by atoms with Crippen molar-refractivity contribution in [2.24, 2.45) is 0 Å². The molecule has 0 heterocycles. The Morgan fingerprint density at radius 2 is 1.72 bits per heavy atom. The fourth-order valence-corrected chi connectivity index (χ4v) is 5.31. The molecule has 0 saturated heterocycles. The van der Waals surface area contributed by atoms with Crippen LogP contribution in [0.5, 0.6) is 5.75 Å². The molecule has 0 spiro atoms. The number of benzene rings is 3. The second-order valence-corrected chi connectivity index (χ2v) is 9.35. The predicted molar refractivity (Wildman–Crippen MR) is 114 cm³/mol. The van der Waals surface area contributed by atoms with Crippen molar-refractivity contribution in [1.82, 2.24) is 0 Å². The third kappa shape index (κ3) is 4.80. The zero-order valence-corrected chi connectivity index (χ0v) is 17.8. The molecule has 1 atom stereocenters. The largest absolute Gasteiger partial charge is 0.489 e. The highest BCUT2D eigenvalue weighted by atomic mass is 35.5. The molecule has 0 bridgehead atoms. The van der Waals surface area contributed by atoms with Gasteiger partial charge in [-0.25, -0.2) is 12.8 Å². The summed E-state index contributed by atoms with van der Waals surface area (Å²) >= 11 is 6.01. The van der Waals surface area contributed by atoms with Crippen LogP contribution in [0.4, 0.5) is 4.39 Å². The van der Waals surface area contributed by atoms with Crippen LogP contribution < -0.4 is 4.74 Å². The third-order valence-electron chi connectivity index (χ3n) is 4.76. The first kappa shape index (κ1) is 21.3. The van der Waals surface area contributed by atoms with Crippen LogP contribution in [0.25, 0.3) is 0 Å². The molecule has 0 aliphatic carbocycles. The van der Waals surface area contributed by atoms with E-state index in [4.69, 9.17) is 16.3 Å². The van der Waals surface area contributed by atoms with E-state index in [2.05, 4.69) is 0 Å². The zero-order valence-electron chi connectivity index (χ0n) is 16.2. The second-order valence-electron chi connectivity index (χ2n) is 6.82. The summed E-state index contributed by atoms with van der Waals surface area (Å²) in [6.45, 7) is 3.71. The molecule has 3 aromatic rings. The highest BCUT2D eigenvalue weighted by molar-refractivity contribution is 7.91. The van der Waals surface area contributed by atoms with Crippen LogP contribution in [0.3, 0.4) is 0 Å². The Bertz CT molecular complexity index is 1080. The third-order valence-corrected chi connectivity index (χ3v) is 7.38. The van der Waals surface area contributed by atoms with Gasteiger partial charge in [0.05, 0.1) is 15.2 Å². The van der Waals surface area contributed by atoms with Crippen LogP contribution in [0.2, 0.25) is 5.02 Å². The van der Waals surface area contributed by atoms with E-state index in [1.54, 1.807) is 48.5 Å². The summed E-state index contributed by atoms with van der Waals surface area (Å²) in [5.41, 5.74) is 1.87. The molecule has 0 aromatic heterocycles. The first-order valence-corrected chi connectivity index (χ1v) is 11.2. The van der Waals surface area contributed by atoms with Gasteiger partial charge in [-0.3, -0.25) is 0 Å². The standard InChI is InChI=1S/C23H22ClFO3S/c1-3-23(29(26,27)19-7-4-6-16(2)14-19)17-10-12-18(13-11-17)28-15-20-21(24)8-5-9-22(20)25/h4-14,23H,3,15H2,1-2H3. The fraction of sp³-hybridized carbons (Fsp3) is 0.217. The van der Waals surface area contributed by atoms with Crippen molar-refractivity contribution < 1.29 is 17.5 Å². The van der Waals surface area contributed by atoms with Gasteiger partial charge < -0.3 is 4.74 Å². The molecule has 0 N–H and O–H groups in total. The zero-order chi connectivity index (χ0) is 21.0. The molecule has 1 unspecified atom stereocenters. The van der Waals surface area contributed by atoms with Crippen LogP contribution in [0.15, 0.2) is 71.6 Å². The van der Waals surface area contributed by atoms with E-state index in [-0.39, 0.29) is 12.2 Å². The van der Waals surface area contributed by atoms with Gasteiger partial charge in [0.1, 0.15) is 18.2 Å². The van der Waals surface area contributed by atoms with Gasteiger partial charge in [0.2, 0.25) is 0 Å². The molecule has 0 radical (unpaired) electrons. The lowest BCUT2D eigenvalue weighted by Gasteiger charge is -2.17. The maximum absolute atomic E-state index is 13.9. The number of ether oxygens (including phenoxy) is 1. The Balaban J connectivity index is 1.79. The summed E-state index contributed by atoms with van der Waals surface area (Å²) in [7, 11) is -3.51. The average molecular weight is 433 g/mol. The van der Waals surface area contributed by atoms with Crippen LogP contribution >= 0.6 is 11.6 Å². The van der Waals surface area contributed by atoms with Crippen molar-refractivity contribution in [2.45, 2.75) is 37.0 Å². The molecule has 3 aromatic carbocycles. The van der Waals surface area contributed by atoms with Crippen LogP contribution in [-0.2, 0) is 16.4 Å². The molecule has 0 saturated carbocycles. The lowest BCUT2D eigenvalue weighted by atomic mass is 10.1. The van der Waals surface area contributed by atoms with Crippen molar-refractivity contribution in [2.75, 3.05) is 0 Å². The molecule has 0 amide bonds. The molecule has 0 aliphatic heterocycles. The van der Waals surface area contributed by atoms with Gasteiger partial charge in [-0.1, -0.05) is 48.9 Å². The Kier molecular flexibility index (Phi) is 6.60. The van der Waals surface area contributed by atoms with E-state index < -0.39 is 20.9 Å². The maximum Gasteiger partial charge on any atom is 0.185 e. The SMILES string of the molecule is CCC(c1ccc(OCc2c(F)cccc2Cl)cc1)S(=O)(=O)c1cccc(C)c1. The summed E-state index contributed by atoms with van der Waals surface area (Å²) in [5, 5.41) is -0.351. The number of sulfone groups is 1. The summed E-state index contributed by atoms with van der Waals surface area (Å²) in [5.74, 6) is 0.0836. The van der Waals surface area contributed by atoms with Crippen LogP contribution in [-0.4, -0.2) is 8.42 Å². The van der Waals surface area contributed by atoms with Gasteiger partial charge in [0, 0.05) is 5.56 Å². The number of hydrogen-bond donors (Lipinski definition) is 0. The number of aryl methyl sites for hydroxylation is 1. The molecule has 6 heteroatoms. The first-order chi connectivity index (χ1) is 13.8. The van der Waals surface area contributed by atoms with E-state index in [0.29, 0.717) is 27.7 Å². The maximum atomic E-state index is 13.9. The summed E-state index contributed by atoms with van der Waals surface area (Å²) in [4.78, 5) is 0.318. The molecule has 152 valence electrons. The van der Waals surface area contributed by atoms with E-state index in [0.717, 1.165) is 5.56 Å². The molecule has 0 aliphatic rings. The highest BCUT2D eigenvalue weighted by Crippen LogP contribution is 2.33. The van der Waals surface area contributed by atoms with Crippen molar-refractivity contribution in [3.8, 4) is 5.75 Å². The summed E-state index contributed by atoms with van der Waals surface area (Å²) in [6, 6.07) is 18.3. The van der Waals surface area contributed by atoms with Gasteiger partial charge in [0.25, 0.3) is 0 Å². The first-order valence-electron chi connectivity index (χ1n) is 9.29. The lowest BCUT2D eigenvalue weighted by molar-refractivity contribution is 0.300. The molecule has 3 rings (SSSR count).